The van der Waals surface area contributed by atoms with Crippen molar-refractivity contribution in [3.8, 4) is 0 Å². The Bertz CT molecular complexity index is 82.4. The Kier molecular flexibility index (Phi) is 5.71. The molecule has 0 saturated carbocycles. The molecule has 0 saturated heterocycles. The third-order valence-electron chi connectivity index (χ3n) is 0.722. The summed E-state index contributed by atoms with van der Waals surface area (Å²) in [4.78, 5) is 0. The van der Waals surface area contributed by atoms with E-state index < -0.39 is 0 Å². The van der Waals surface area contributed by atoms with Crippen LogP contribution in [0.15, 0.2) is 24.4 Å². The summed E-state index contributed by atoms with van der Waals surface area (Å²) < 4.78 is 0. The number of allylic oxidation sites excluding steroid dienone is 3. The number of nitrogens with one attached hydrogen (secondary N) is 1. The Labute approximate surface area is 51.1 Å². The van der Waals surface area contributed by atoms with E-state index in [-0.39, 0.29) is 0 Å². The second-order valence-electron chi connectivity index (χ2n) is 1.44. The zero-order valence-electron chi connectivity index (χ0n) is 5.52. The Balaban J connectivity index is 3.07. The molecule has 0 aromatic rings. The van der Waals surface area contributed by atoms with E-state index in [0.29, 0.717) is 0 Å². The fraction of sp³-hybridized carbons (Fsp3) is 0.429. The largest absolute Gasteiger partial charge is 0.391 e. The van der Waals surface area contributed by atoms with Gasteiger partial charge in [0.25, 0.3) is 0 Å². The van der Waals surface area contributed by atoms with Crippen LogP contribution in [0.5, 0.6) is 0 Å². The average molecular weight is 111 g/mol. The van der Waals surface area contributed by atoms with Crippen LogP contribution in [-0.2, 0) is 0 Å². The Morgan fingerprint density at radius 1 is 1.38 bits per heavy atom. The molecule has 0 rings (SSSR count). The van der Waals surface area contributed by atoms with Crippen molar-refractivity contribution in [3.05, 3.63) is 24.4 Å². The average Bonchev–Trinajstić information content (AvgIpc) is 1.81. The van der Waals surface area contributed by atoms with E-state index in [1.807, 2.05) is 31.4 Å². The van der Waals surface area contributed by atoms with E-state index >= 15 is 0 Å². The fourth-order valence-corrected chi connectivity index (χ4v) is 0.353. The molecule has 0 atom stereocenters. The SMILES string of the molecule is CC=CC=CNCC. The molecule has 0 bridgehead atoms. The Morgan fingerprint density at radius 2 is 2.12 bits per heavy atom. The molecule has 8 heavy (non-hydrogen) atoms. The van der Waals surface area contributed by atoms with Crippen LogP contribution in [0.4, 0.5) is 0 Å². The van der Waals surface area contributed by atoms with Gasteiger partial charge in [0.1, 0.15) is 0 Å². The smallest absolute Gasteiger partial charge is 0.0113 e. The maximum atomic E-state index is 3.05. The molecule has 0 aromatic heterocycles. The molecular weight excluding hydrogens is 98.1 g/mol. The van der Waals surface area contributed by atoms with Gasteiger partial charge >= 0.3 is 0 Å². The lowest BCUT2D eigenvalue weighted by molar-refractivity contribution is 0.919. The molecule has 1 heteroatoms. The summed E-state index contributed by atoms with van der Waals surface area (Å²) in [5.74, 6) is 0. The van der Waals surface area contributed by atoms with Crippen molar-refractivity contribution >= 4 is 0 Å². The standard InChI is InChI=1S/C7H13N/c1-3-5-6-7-8-4-2/h3,5-8H,4H2,1-2H3. The summed E-state index contributed by atoms with van der Waals surface area (Å²) in [6.45, 7) is 5.06. The van der Waals surface area contributed by atoms with Crippen molar-refractivity contribution in [2.75, 3.05) is 6.54 Å². The summed E-state index contributed by atoms with van der Waals surface area (Å²) in [5, 5.41) is 3.05. The molecular formula is C7H13N. The van der Waals surface area contributed by atoms with E-state index in [4.69, 9.17) is 0 Å². The molecule has 0 aliphatic heterocycles. The van der Waals surface area contributed by atoms with E-state index in [1.54, 1.807) is 0 Å². The van der Waals surface area contributed by atoms with Crippen LogP contribution in [0.2, 0.25) is 0 Å². The molecule has 0 aromatic carbocycles. The van der Waals surface area contributed by atoms with Crippen LogP contribution < -0.4 is 5.32 Å². The van der Waals surface area contributed by atoms with Gasteiger partial charge in [-0.1, -0.05) is 12.2 Å². The van der Waals surface area contributed by atoms with Gasteiger partial charge in [0.2, 0.25) is 0 Å². The topological polar surface area (TPSA) is 12.0 Å². The summed E-state index contributed by atoms with van der Waals surface area (Å²) in [6, 6.07) is 0. The second-order valence-corrected chi connectivity index (χ2v) is 1.44. The molecule has 0 amide bonds. The van der Waals surface area contributed by atoms with Crippen molar-refractivity contribution in [1.82, 2.24) is 5.32 Å². The molecule has 1 nitrogen and oxygen atoms in total. The molecule has 0 fully saturated rings. The van der Waals surface area contributed by atoms with Crippen LogP contribution in [0.1, 0.15) is 13.8 Å². The maximum absolute atomic E-state index is 3.05. The predicted octanol–water partition coefficient (Wildman–Crippen LogP) is 1.69. The molecule has 0 spiro atoms. The van der Waals surface area contributed by atoms with Gasteiger partial charge in [-0.05, 0) is 26.1 Å². The zero-order valence-corrected chi connectivity index (χ0v) is 5.52. The minimum Gasteiger partial charge on any atom is -0.391 e. The van der Waals surface area contributed by atoms with Crippen LogP contribution in [0.25, 0.3) is 0 Å². The van der Waals surface area contributed by atoms with Crippen LogP contribution in [0.3, 0.4) is 0 Å². The van der Waals surface area contributed by atoms with Crippen molar-refractivity contribution in [2.45, 2.75) is 13.8 Å². The third-order valence-corrected chi connectivity index (χ3v) is 0.722. The van der Waals surface area contributed by atoms with Crippen LogP contribution in [-0.4, -0.2) is 6.54 Å². The summed E-state index contributed by atoms with van der Waals surface area (Å²) >= 11 is 0. The highest BCUT2D eigenvalue weighted by molar-refractivity contribution is 4.99. The lowest BCUT2D eigenvalue weighted by atomic mass is 10.5. The quantitative estimate of drug-likeness (QED) is 0.546. The molecule has 0 aliphatic carbocycles. The third kappa shape index (κ3) is 5.28. The van der Waals surface area contributed by atoms with Crippen molar-refractivity contribution in [2.24, 2.45) is 0 Å². The van der Waals surface area contributed by atoms with Gasteiger partial charge in [-0.2, -0.15) is 0 Å². The first-order chi connectivity index (χ1) is 3.91. The highest BCUT2D eigenvalue weighted by atomic mass is 14.8. The maximum Gasteiger partial charge on any atom is 0.0113 e. The normalized spacial score (nSPS) is 11.2. The lowest BCUT2D eigenvalue weighted by Gasteiger charge is -1.86. The molecule has 46 valence electrons. The summed E-state index contributed by atoms with van der Waals surface area (Å²) in [7, 11) is 0. The van der Waals surface area contributed by atoms with Gasteiger partial charge in [-0.25, -0.2) is 0 Å². The van der Waals surface area contributed by atoms with Gasteiger partial charge in [-0.15, -0.1) is 0 Å². The molecule has 0 aliphatic rings. The van der Waals surface area contributed by atoms with Crippen molar-refractivity contribution in [1.29, 1.82) is 0 Å². The van der Waals surface area contributed by atoms with Crippen molar-refractivity contribution in [3.63, 3.8) is 0 Å². The highest BCUT2D eigenvalue weighted by Gasteiger charge is 1.61. The van der Waals surface area contributed by atoms with Crippen LogP contribution >= 0.6 is 0 Å². The number of hydrogen-bond acceptors (Lipinski definition) is 1. The minimum atomic E-state index is 0.994. The first-order valence-electron chi connectivity index (χ1n) is 2.93. The van der Waals surface area contributed by atoms with Gasteiger partial charge in [0.05, 0.1) is 0 Å². The minimum absolute atomic E-state index is 0.994. The van der Waals surface area contributed by atoms with Gasteiger partial charge in [0.15, 0.2) is 0 Å². The molecule has 0 unspecified atom stereocenters. The van der Waals surface area contributed by atoms with E-state index in [9.17, 15) is 0 Å². The predicted molar refractivity (Wildman–Crippen MR) is 37.6 cm³/mol. The number of hydrogen-bond donors (Lipinski definition) is 1. The van der Waals surface area contributed by atoms with E-state index in [2.05, 4.69) is 12.2 Å². The molecule has 0 heterocycles. The van der Waals surface area contributed by atoms with E-state index in [0.717, 1.165) is 6.54 Å². The zero-order chi connectivity index (χ0) is 6.24. The lowest BCUT2D eigenvalue weighted by Crippen LogP contribution is -2.00. The van der Waals surface area contributed by atoms with E-state index in [1.165, 1.54) is 0 Å². The Hall–Kier alpha value is -0.720. The first-order valence-corrected chi connectivity index (χ1v) is 2.93. The van der Waals surface area contributed by atoms with Gasteiger partial charge in [0, 0.05) is 6.54 Å². The monoisotopic (exact) mass is 111 g/mol. The van der Waals surface area contributed by atoms with Crippen LogP contribution in [0, 0.1) is 0 Å². The second kappa shape index (κ2) is 6.28. The Morgan fingerprint density at radius 3 is 2.62 bits per heavy atom. The molecule has 1 N–H and O–H groups in total. The summed E-state index contributed by atoms with van der Waals surface area (Å²) in [6.07, 6.45) is 7.89. The number of rotatable bonds is 3. The highest BCUT2D eigenvalue weighted by Crippen LogP contribution is 1.71. The summed E-state index contributed by atoms with van der Waals surface area (Å²) in [5.41, 5.74) is 0. The molecule has 0 radical (unpaired) electrons. The fourth-order valence-electron chi connectivity index (χ4n) is 0.353. The van der Waals surface area contributed by atoms with Crippen molar-refractivity contribution < 1.29 is 0 Å². The van der Waals surface area contributed by atoms with Gasteiger partial charge in [-0.3, -0.25) is 0 Å². The first kappa shape index (κ1) is 7.28. The van der Waals surface area contributed by atoms with Gasteiger partial charge < -0.3 is 5.32 Å².